The van der Waals surface area contributed by atoms with Crippen molar-refractivity contribution in [2.24, 2.45) is 0 Å². The molecule has 2 aromatic rings. The van der Waals surface area contributed by atoms with Crippen LogP contribution in [0.15, 0.2) is 22.7 Å². The summed E-state index contributed by atoms with van der Waals surface area (Å²) in [4.78, 5) is 22.8. The second kappa shape index (κ2) is 6.62. The van der Waals surface area contributed by atoms with Crippen LogP contribution in [0.5, 0.6) is 0 Å². The quantitative estimate of drug-likeness (QED) is 0.881. The summed E-state index contributed by atoms with van der Waals surface area (Å²) >= 11 is 5.85. The molecule has 0 aliphatic rings. The topological polar surface area (TPSA) is 92.4 Å². The van der Waals surface area contributed by atoms with Crippen molar-refractivity contribution in [3.8, 4) is 0 Å². The van der Waals surface area contributed by atoms with Gasteiger partial charge in [0, 0.05) is 17.7 Å². The molecule has 0 unspecified atom stereocenters. The van der Waals surface area contributed by atoms with E-state index >= 15 is 0 Å². The Labute approximate surface area is 132 Å². The Balaban J connectivity index is 1.98. The molecule has 0 radical (unpaired) electrons. The molecule has 1 aromatic heterocycles. The van der Waals surface area contributed by atoms with Gasteiger partial charge in [-0.25, -0.2) is 4.79 Å². The molecule has 0 spiro atoms. The molecule has 0 saturated carbocycles. The lowest BCUT2D eigenvalue weighted by atomic mass is 10.1. The summed E-state index contributed by atoms with van der Waals surface area (Å²) in [6.07, 6.45) is 0.787. The summed E-state index contributed by atoms with van der Waals surface area (Å²) in [5.74, 6) is -0.598. The predicted octanol–water partition coefficient (Wildman–Crippen LogP) is 3.21. The fourth-order valence-electron chi connectivity index (χ4n) is 2.09. The van der Waals surface area contributed by atoms with Crippen molar-refractivity contribution in [2.75, 3.05) is 5.32 Å². The molecule has 1 heterocycles. The Bertz CT molecular complexity index is 705. The molecule has 0 bridgehead atoms. The van der Waals surface area contributed by atoms with Crippen LogP contribution in [-0.2, 0) is 11.2 Å². The van der Waals surface area contributed by atoms with Gasteiger partial charge < -0.3 is 14.9 Å². The third-order valence-corrected chi connectivity index (χ3v) is 3.58. The summed E-state index contributed by atoms with van der Waals surface area (Å²) < 4.78 is 5.04. The molecule has 0 aliphatic carbocycles. The zero-order valence-electron chi connectivity index (χ0n) is 12.1. The van der Waals surface area contributed by atoms with Crippen molar-refractivity contribution in [1.29, 1.82) is 0 Å². The van der Waals surface area contributed by atoms with Crippen molar-refractivity contribution in [3.05, 3.63) is 45.8 Å². The molecule has 0 atom stereocenters. The smallest absolute Gasteiger partial charge is 0.337 e. The molecule has 1 amide bonds. The summed E-state index contributed by atoms with van der Waals surface area (Å²) in [6.45, 7) is 3.63. The fraction of sp³-hybridized carbons (Fsp3) is 0.267. The molecule has 2 N–H and O–H groups in total. The summed E-state index contributed by atoms with van der Waals surface area (Å²) in [5.41, 5.74) is 2.16. The molecule has 7 heteroatoms. The van der Waals surface area contributed by atoms with E-state index in [0.29, 0.717) is 17.9 Å². The number of aromatic nitrogens is 1. The van der Waals surface area contributed by atoms with Crippen LogP contribution >= 0.6 is 11.6 Å². The van der Waals surface area contributed by atoms with Gasteiger partial charge in [-0.05, 0) is 38.5 Å². The highest BCUT2D eigenvalue weighted by Gasteiger charge is 2.13. The number of anilines is 1. The first kappa shape index (κ1) is 16.0. The van der Waals surface area contributed by atoms with Gasteiger partial charge >= 0.3 is 5.97 Å². The Morgan fingerprint density at radius 1 is 1.36 bits per heavy atom. The highest BCUT2D eigenvalue weighted by molar-refractivity contribution is 6.33. The molecule has 0 saturated heterocycles. The summed E-state index contributed by atoms with van der Waals surface area (Å²) in [6, 6.07) is 4.27. The first-order chi connectivity index (χ1) is 10.4. The summed E-state index contributed by atoms with van der Waals surface area (Å²) in [7, 11) is 0. The predicted molar refractivity (Wildman–Crippen MR) is 81.3 cm³/mol. The molecule has 116 valence electrons. The third kappa shape index (κ3) is 3.65. The number of amides is 1. The third-order valence-electron chi connectivity index (χ3n) is 3.27. The standard InChI is InChI=1S/C15H15ClN2O4/c1-8-11(9(2)22-18-8)5-6-14(19)17-10-3-4-12(15(20)21)13(16)7-10/h3-4,7H,5-6H2,1-2H3,(H,17,19)(H,20,21). The van der Waals surface area contributed by atoms with Crippen LogP contribution in [0.3, 0.4) is 0 Å². The van der Waals surface area contributed by atoms with E-state index in [0.717, 1.165) is 11.3 Å². The molecular formula is C15H15ClN2O4. The van der Waals surface area contributed by atoms with E-state index in [1.54, 1.807) is 6.92 Å². The lowest BCUT2D eigenvalue weighted by Crippen LogP contribution is -2.13. The monoisotopic (exact) mass is 322 g/mol. The number of carbonyl (C=O) groups is 2. The van der Waals surface area contributed by atoms with Crippen LogP contribution in [-0.4, -0.2) is 22.1 Å². The Morgan fingerprint density at radius 2 is 2.09 bits per heavy atom. The van der Waals surface area contributed by atoms with Gasteiger partial charge in [-0.15, -0.1) is 0 Å². The molecule has 0 fully saturated rings. The average Bonchev–Trinajstić information content (AvgIpc) is 2.75. The Kier molecular flexibility index (Phi) is 4.82. The second-order valence-electron chi connectivity index (χ2n) is 4.85. The normalized spacial score (nSPS) is 10.5. The molecule has 1 aromatic carbocycles. The van der Waals surface area contributed by atoms with E-state index in [4.69, 9.17) is 21.2 Å². The minimum absolute atomic E-state index is 0.00427. The van der Waals surface area contributed by atoms with Crippen LogP contribution in [0.25, 0.3) is 0 Å². The van der Waals surface area contributed by atoms with Crippen LogP contribution in [0.4, 0.5) is 5.69 Å². The van der Waals surface area contributed by atoms with Gasteiger partial charge in [-0.1, -0.05) is 16.8 Å². The number of carboxylic acid groups (broad SMARTS) is 1. The number of nitrogens with zero attached hydrogens (tertiary/aromatic N) is 1. The van der Waals surface area contributed by atoms with Crippen molar-refractivity contribution >= 4 is 29.2 Å². The maximum absolute atomic E-state index is 11.9. The average molecular weight is 323 g/mol. The van der Waals surface area contributed by atoms with E-state index in [-0.39, 0.29) is 22.9 Å². The van der Waals surface area contributed by atoms with E-state index < -0.39 is 5.97 Å². The van der Waals surface area contributed by atoms with Crippen molar-refractivity contribution in [3.63, 3.8) is 0 Å². The highest BCUT2D eigenvalue weighted by atomic mass is 35.5. The number of aromatic carboxylic acids is 1. The molecule has 22 heavy (non-hydrogen) atoms. The largest absolute Gasteiger partial charge is 0.478 e. The first-order valence-electron chi connectivity index (χ1n) is 6.63. The minimum atomic E-state index is -1.11. The number of hydrogen-bond donors (Lipinski definition) is 2. The zero-order chi connectivity index (χ0) is 16.3. The van der Waals surface area contributed by atoms with Crippen molar-refractivity contribution in [2.45, 2.75) is 26.7 Å². The first-order valence-corrected chi connectivity index (χ1v) is 7.00. The Morgan fingerprint density at radius 3 is 2.64 bits per heavy atom. The maximum atomic E-state index is 11.9. The van der Waals surface area contributed by atoms with E-state index in [1.165, 1.54) is 18.2 Å². The van der Waals surface area contributed by atoms with Crippen LogP contribution in [0.2, 0.25) is 5.02 Å². The second-order valence-corrected chi connectivity index (χ2v) is 5.26. The number of benzene rings is 1. The van der Waals surface area contributed by atoms with Gasteiger partial charge in [0.15, 0.2) is 0 Å². The van der Waals surface area contributed by atoms with Crippen LogP contribution in [0, 0.1) is 13.8 Å². The lowest BCUT2D eigenvalue weighted by Gasteiger charge is -2.07. The van der Waals surface area contributed by atoms with E-state index in [1.807, 2.05) is 6.92 Å². The number of halogens is 1. The lowest BCUT2D eigenvalue weighted by molar-refractivity contribution is -0.116. The molecule has 0 aliphatic heterocycles. The zero-order valence-corrected chi connectivity index (χ0v) is 12.9. The number of hydrogen-bond acceptors (Lipinski definition) is 4. The maximum Gasteiger partial charge on any atom is 0.337 e. The van der Waals surface area contributed by atoms with Crippen molar-refractivity contribution in [1.82, 2.24) is 5.16 Å². The molecule has 6 nitrogen and oxygen atoms in total. The fourth-order valence-corrected chi connectivity index (χ4v) is 2.35. The summed E-state index contributed by atoms with van der Waals surface area (Å²) in [5, 5.41) is 15.5. The van der Waals surface area contributed by atoms with Crippen LogP contribution < -0.4 is 5.32 Å². The highest BCUT2D eigenvalue weighted by Crippen LogP contribution is 2.21. The molecule has 2 rings (SSSR count). The van der Waals surface area contributed by atoms with Gasteiger partial charge in [0.25, 0.3) is 0 Å². The number of aryl methyl sites for hydroxylation is 2. The Hall–Kier alpha value is -2.34. The van der Waals surface area contributed by atoms with Gasteiger partial charge in [0.05, 0.1) is 16.3 Å². The molecular weight excluding hydrogens is 308 g/mol. The minimum Gasteiger partial charge on any atom is -0.478 e. The van der Waals surface area contributed by atoms with Crippen molar-refractivity contribution < 1.29 is 19.2 Å². The van der Waals surface area contributed by atoms with Crippen LogP contribution in [0.1, 0.15) is 33.8 Å². The number of carboxylic acids is 1. The van der Waals surface area contributed by atoms with Gasteiger partial charge in [-0.2, -0.15) is 0 Å². The van der Waals surface area contributed by atoms with Gasteiger partial charge in [0.2, 0.25) is 5.91 Å². The number of nitrogens with one attached hydrogen (secondary N) is 1. The number of rotatable bonds is 5. The SMILES string of the molecule is Cc1noc(C)c1CCC(=O)Nc1ccc(C(=O)O)c(Cl)c1. The van der Waals surface area contributed by atoms with Gasteiger partial charge in [-0.3, -0.25) is 4.79 Å². The van der Waals surface area contributed by atoms with E-state index in [2.05, 4.69) is 10.5 Å². The van der Waals surface area contributed by atoms with Gasteiger partial charge in [0.1, 0.15) is 5.76 Å². The van der Waals surface area contributed by atoms with E-state index in [9.17, 15) is 9.59 Å². The number of carbonyl (C=O) groups excluding carboxylic acids is 1.